The molecule has 0 amide bonds. The zero-order valence-electron chi connectivity index (χ0n) is 12.8. The molecule has 1 heterocycles. The molecule has 1 rings (SSSR count). The summed E-state index contributed by atoms with van der Waals surface area (Å²) in [6, 6.07) is 0. The molecule has 1 aromatic rings. The van der Waals surface area contributed by atoms with Gasteiger partial charge in [-0.2, -0.15) is 0 Å². The molecule has 0 N–H and O–H groups in total. The topological polar surface area (TPSA) is 26.0 Å². The van der Waals surface area contributed by atoms with Crippen molar-refractivity contribution in [2.24, 2.45) is 0 Å². The Labute approximate surface area is 112 Å². The predicted molar refractivity (Wildman–Crippen MR) is 77.0 cm³/mol. The minimum atomic E-state index is 0.249. The molecule has 104 valence electrons. The van der Waals surface area contributed by atoms with Crippen LogP contribution in [0.1, 0.15) is 82.7 Å². The minimum Gasteiger partial charge on any atom is -0.361 e. The van der Waals surface area contributed by atoms with Gasteiger partial charge in [0, 0.05) is 5.56 Å². The maximum Gasteiger partial charge on any atom is 0.137 e. The highest BCUT2D eigenvalue weighted by atomic mass is 16.5. The first-order chi connectivity index (χ1) is 8.55. The molecule has 1 atom stereocenters. The standard InChI is InChI=1S/C16H29NO/c1-6-8-10-12-16(5,11-9-7-2)15-13(3)17-18-14(15)4/h6-12H2,1-5H3. The van der Waals surface area contributed by atoms with Gasteiger partial charge >= 0.3 is 0 Å². The second-order valence-corrected chi connectivity index (χ2v) is 5.82. The van der Waals surface area contributed by atoms with Crippen LogP contribution in [-0.2, 0) is 5.41 Å². The van der Waals surface area contributed by atoms with Crippen molar-refractivity contribution >= 4 is 0 Å². The highest BCUT2D eigenvalue weighted by Crippen LogP contribution is 2.38. The van der Waals surface area contributed by atoms with Crippen molar-refractivity contribution in [1.82, 2.24) is 5.16 Å². The Morgan fingerprint density at radius 3 is 2.11 bits per heavy atom. The number of aromatic nitrogens is 1. The van der Waals surface area contributed by atoms with Crippen LogP contribution in [0.25, 0.3) is 0 Å². The molecular weight excluding hydrogens is 222 g/mol. The zero-order valence-corrected chi connectivity index (χ0v) is 12.8. The molecule has 1 aromatic heterocycles. The van der Waals surface area contributed by atoms with E-state index in [0.717, 1.165) is 11.5 Å². The summed E-state index contributed by atoms with van der Waals surface area (Å²) in [5, 5.41) is 4.14. The lowest BCUT2D eigenvalue weighted by Crippen LogP contribution is -2.23. The van der Waals surface area contributed by atoms with E-state index in [1.165, 1.54) is 50.5 Å². The molecule has 2 nitrogen and oxygen atoms in total. The molecule has 0 saturated carbocycles. The van der Waals surface area contributed by atoms with E-state index in [4.69, 9.17) is 4.52 Å². The van der Waals surface area contributed by atoms with Gasteiger partial charge in [0.1, 0.15) is 5.76 Å². The fourth-order valence-electron chi connectivity index (χ4n) is 3.05. The van der Waals surface area contributed by atoms with Gasteiger partial charge in [0.25, 0.3) is 0 Å². The van der Waals surface area contributed by atoms with Crippen LogP contribution in [0.4, 0.5) is 0 Å². The number of nitrogens with zero attached hydrogens (tertiary/aromatic N) is 1. The molecule has 0 aliphatic carbocycles. The van der Waals surface area contributed by atoms with Crippen LogP contribution in [0.5, 0.6) is 0 Å². The van der Waals surface area contributed by atoms with Crippen molar-refractivity contribution in [3.8, 4) is 0 Å². The molecular formula is C16H29NO. The Bertz CT molecular complexity index is 336. The second kappa shape index (κ2) is 6.96. The van der Waals surface area contributed by atoms with Crippen molar-refractivity contribution in [2.45, 2.75) is 85.0 Å². The average Bonchev–Trinajstić information content (AvgIpc) is 2.67. The molecule has 1 unspecified atom stereocenters. The molecule has 18 heavy (non-hydrogen) atoms. The summed E-state index contributed by atoms with van der Waals surface area (Å²) in [6.07, 6.45) is 8.95. The molecule has 0 saturated heterocycles. The maximum atomic E-state index is 5.38. The quantitative estimate of drug-likeness (QED) is 0.584. The van der Waals surface area contributed by atoms with Crippen molar-refractivity contribution < 1.29 is 4.52 Å². The van der Waals surface area contributed by atoms with Crippen LogP contribution in [-0.4, -0.2) is 5.16 Å². The summed E-state index contributed by atoms with van der Waals surface area (Å²) in [5.41, 5.74) is 2.70. The third-order valence-corrected chi connectivity index (χ3v) is 4.05. The molecule has 2 heteroatoms. The van der Waals surface area contributed by atoms with Crippen LogP contribution < -0.4 is 0 Å². The third-order valence-electron chi connectivity index (χ3n) is 4.05. The van der Waals surface area contributed by atoms with Gasteiger partial charge in [-0.25, -0.2) is 0 Å². The summed E-state index contributed by atoms with van der Waals surface area (Å²) in [5.74, 6) is 1.02. The average molecular weight is 251 g/mol. The minimum absolute atomic E-state index is 0.249. The Kier molecular flexibility index (Phi) is 5.90. The van der Waals surface area contributed by atoms with Gasteiger partial charge in [0.2, 0.25) is 0 Å². The summed E-state index contributed by atoms with van der Waals surface area (Å²) in [4.78, 5) is 0. The van der Waals surface area contributed by atoms with Crippen LogP contribution in [0.15, 0.2) is 4.52 Å². The second-order valence-electron chi connectivity index (χ2n) is 5.82. The van der Waals surface area contributed by atoms with Gasteiger partial charge in [0.05, 0.1) is 5.69 Å². The number of rotatable bonds is 8. The maximum absolute atomic E-state index is 5.38. The van der Waals surface area contributed by atoms with Crippen LogP contribution >= 0.6 is 0 Å². The fraction of sp³-hybridized carbons (Fsp3) is 0.812. The normalized spacial score (nSPS) is 14.7. The van der Waals surface area contributed by atoms with Crippen LogP contribution in [0.3, 0.4) is 0 Å². The molecule has 0 aliphatic heterocycles. The Hall–Kier alpha value is -0.790. The Balaban J connectivity index is 2.88. The number of hydrogen-bond acceptors (Lipinski definition) is 2. The molecule has 0 aliphatic rings. The highest BCUT2D eigenvalue weighted by molar-refractivity contribution is 5.30. The molecule has 0 fully saturated rings. The van der Waals surface area contributed by atoms with E-state index < -0.39 is 0 Å². The van der Waals surface area contributed by atoms with E-state index in [9.17, 15) is 0 Å². The van der Waals surface area contributed by atoms with E-state index in [-0.39, 0.29) is 5.41 Å². The molecule has 0 spiro atoms. The van der Waals surface area contributed by atoms with Gasteiger partial charge in [-0.15, -0.1) is 0 Å². The van der Waals surface area contributed by atoms with Crippen molar-refractivity contribution in [2.75, 3.05) is 0 Å². The monoisotopic (exact) mass is 251 g/mol. The first kappa shape index (κ1) is 15.3. The van der Waals surface area contributed by atoms with E-state index in [1.54, 1.807) is 0 Å². The van der Waals surface area contributed by atoms with Gasteiger partial charge in [0.15, 0.2) is 0 Å². The van der Waals surface area contributed by atoms with Crippen molar-refractivity contribution in [3.63, 3.8) is 0 Å². The van der Waals surface area contributed by atoms with Crippen molar-refractivity contribution in [3.05, 3.63) is 17.0 Å². The zero-order chi connectivity index (χ0) is 13.6. The first-order valence-electron chi connectivity index (χ1n) is 7.48. The molecule has 0 radical (unpaired) electrons. The van der Waals surface area contributed by atoms with Crippen LogP contribution in [0.2, 0.25) is 0 Å². The van der Waals surface area contributed by atoms with Crippen LogP contribution in [0, 0.1) is 13.8 Å². The fourth-order valence-corrected chi connectivity index (χ4v) is 3.05. The van der Waals surface area contributed by atoms with Crippen molar-refractivity contribution in [1.29, 1.82) is 0 Å². The summed E-state index contributed by atoms with van der Waals surface area (Å²) >= 11 is 0. The smallest absolute Gasteiger partial charge is 0.137 e. The number of aryl methyl sites for hydroxylation is 2. The summed E-state index contributed by atoms with van der Waals surface area (Å²) in [7, 11) is 0. The highest BCUT2D eigenvalue weighted by Gasteiger charge is 2.31. The number of unbranched alkanes of at least 4 members (excludes halogenated alkanes) is 3. The third kappa shape index (κ3) is 3.60. The Morgan fingerprint density at radius 1 is 1.00 bits per heavy atom. The van der Waals surface area contributed by atoms with E-state index in [1.807, 2.05) is 0 Å². The lowest BCUT2D eigenvalue weighted by molar-refractivity contribution is 0.355. The Morgan fingerprint density at radius 2 is 1.61 bits per heavy atom. The van der Waals surface area contributed by atoms with Gasteiger partial charge in [-0.3, -0.25) is 0 Å². The predicted octanol–water partition coefficient (Wildman–Crippen LogP) is 5.32. The van der Waals surface area contributed by atoms with Gasteiger partial charge in [-0.1, -0.05) is 58.0 Å². The summed E-state index contributed by atoms with van der Waals surface area (Å²) < 4.78 is 5.38. The lowest BCUT2D eigenvalue weighted by atomic mass is 9.73. The van der Waals surface area contributed by atoms with Gasteiger partial charge < -0.3 is 4.52 Å². The van der Waals surface area contributed by atoms with Gasteiger partial charge in [-0.05, 0) is 32.1 Å². The first-order valence-corrected chi connectivity index (χ1v) is 7.48. The molecule has 0 bridgehead atoms. The lowest BCUT2D eigenvalue weighted by Gasteiger charge is -2.30. The van der Waals surface area contributed by atoms with E-state index >= 15 is 0 Å². The van der Waals surface area contributed by atoms with E-state index in [2.05, 4.69) is 39.8 Å². The summed E-state index contributed by atoms with van der Waals surface area (Å²) in [6.45, 7) is 11.1. The number of hydrogen-bond donors (Lipinski definition) is 0. The SMILES string of the molecule is CCCCCC(C)(CCCC)c1c(C)noc1C. The molecule has 0 aromatic carbocycles. The largest absolute Gasteiger partial charge is 0.361 e. The van der Waals surface area contributed by atoms with E-state index in [0.29, 0.717) is 0 Å².